The molecule has 0 aromatic rings. The third-order valence-corrected chi connectivity index (χ3v) is 4.07. The van der Waals surface area contributed by atoms with Gasteiger partial charge < -0.3 is 0 Å². The Bertz CT molecular complexity index is 264. The molecule has 0 saturated heterocycles. The van der Waals surface area contributed by atoms with Gasteiger partial charge in [-0.05, 0) is 25.7 Å². The quantitative estimate of drug-likeness (QED) is 0.394. The minimum Gasteiger partial charge on any atom is -0.209 e. The molecule has 106 valence electrons. The molecular formula is C16H28F2. The molecular weight excluding hydrogens is 230 g/mol. The van der Waals surface area contributed by atoms with Gasteiger partial charge in [-0.2, -0.15) is 0 Å². The van der Waals surface area contributed by atoms with Crippen LogP contribution >= 0.6 is 0 Å². The predicted molar refractivity (Wildman–Crippen MR) is 73.8 cm³/mol. The van der Waals surface area contributed by atoms with E-state index in [1.54, 1.807) is 0 Å². The molecule has 1 rings (SSSR count). The number of allylic oxidation sites excluding steroid dienone is 2. The van der Waals surface area contributed by atoms with Gasteiger partial charge in [-0.25, -0.2) is 8.78 Å². The summed E-state index contributed by atoms with van der Waals surface area (Å²) in [7, 11) is 0. The van der Waals surface area contributed by atoms with Crippen molar-refractivity contribution in [3.63, 3.8) is 0 Å². The minimum absolute atomic E-state index is 0.307. The molecule has 1 aliphatic rings. The number of unbranched alkanes of at least 4 members (excludes halogenated alkanes) is 5. The Morgan fingerprint density at radius 1 is 0.889 bits per heavy atom. The highest BCUT2D eigenvalue weighted by Gasteiger charge is 2.47. The maximum absolute atomic E-state index is 14.1. The Kier molecular flexibility index (Phi) is 6.88. The summed E-state index contributed by atoms with van der Waals surface area (Å²) in [5.74, 6) is -0.866. The van der Waals surface area contributed by atoms with Gasteiger partial charge >= 0.3 is 0 Å². The average molecular weight is 258 g/mol. The topological polar surface area (TPSA) is 0 Å². The Morgan fingerprint density at radius 3 is 2.06 bits per heavy atom. The first-order valence-electron chi connectivity index (χ1n) is 7.71. The summed E-state index contributed by atoms with van der Waals surface area (Å²) in [4.78, 5) is 0. The van der Waals surface area contributed by atoms with Crippen molar-refractivity contribution in [2.75, 3.05) is 0 Å². The molecule has 0 aromatic heterocycles. The molecule has 0 atom stereocenters. The molecule has 0 spiro atoms. The van der Waals surface area contributed by atoms with Crippen LogP contribution in [0, 0.1) is 5.41 Å². The Labute approximate surface area is 111 Å². The van der Waals surface area contributed by atoms with Crippen molar-refractivity contribution in [3.8, 4) is 0 Å². The lowest BCUT2D eigenvalue weighted by atomic mass is 9.95. The van der Waals surface area contributed by atoms with Gasteiger partial charge in [-0.1, -0.05) is 52.4 Å². The third-order valence-electron chi connectivity index (χ3n) is 4.07. The van der Waals surface area contributed by atoms with E-state index in [-0.39, 0.29) is 5.41 Å². The van der Waals surface area contributed by atoms with Gasteiger partial charge in [0.25, 0.3) is 0 Å². The smallest absolute Gasteiger partial charge is 0.137 e. The van der Waals surface area contributed by atoms with Crippen LogP contribution in [0.25, 0.3) is 0 Å². The monoisotopic (exact) mass is 258 g/mol. The van der Waals surface area contributed by atoms with Crippen LogP contribution in [-0.2, 0) is 0 Å². The van der Waals surface area contributed by atoms with Crippen molar-refractivity contribution >= 4 is 0 Å². The number of halogens is 2. The van der Waals surface area contributed by atoms with E-state index in [0.29, 0.717) is 6.42 Å². The highest BCUT2D eigenvalue weighted by Crippen LogP contribution is 2.57. The fraction of sp³-hybridized carbons (Fsp3) is 0.875. The van der Waals surface area contributed by atoms with Crippen molar-refractivity contribution in [1.29, 1.82) is 0 Å². The lowest BCUT2D eigenvalue weighted by Gasteiger charge is -2.13. The first-order valence-corrected chi connectivity index (χ1v) is 7.71. The SMILES string of the molecule is CCCCCC/C(F)=C(/F)C1(CCCCC)CC1. The van der Waals surface area contributed by atoms with Crippen molar-refractivity contribution in [2.45, 2.75) is 84.5 Å². The largest absolute Gasteiger partial charge is 0.209 e. The normalized spacial score (nSPS) is 18.7. The molecule has 2 heteroatoms. The van der Waals surface area contributed by atoms with Crippen LogP contribution in [0.4, 0.5) is 8.78 Å². The van der Waals surface area contributed by atoms with Crippen molar-refractivity contribution in [3.05, 3.63) is 11.7 Å². The summed E-state index contributed by atoms with van der Waals surface area (Å²) in [5, 5.41) is 0. The Morgan fingerprint density at radius 2 is 1.50 bits per heavy atom. The average Bonchev–Trinajstić information content (AvgIpc) is 3.15. The molecule has 0 aliphatic heterocycles. The van der Waals surface area contributed by atoms with E-state index in [1.807, 2.05) is 0 Å². The van der Waals surface area contributed by atoms with Crippen molar-refractivity contribution < 1.29 is 8.78 Å². The molecule has 1 fully saturated rings. The van der Waals surface area contributed by atoms with Gasteiger partial charge in [0.15, 0.2) is 0 Å². The van der Waals surface area contributed by atoms with Gasteiger partial charge in [0.05, 0.1) is 0 Å². The van der Waals surface area contributed by atoms with Gasteiger partial charge in [0, 0.05) is 11.8 Å². The number of rotatable bonds is 10. The van der Waals surface area contributed by atoms with Gasteiger partial charge in [0.2, 0.25) is 0 Å². The van der Waals surface area contributed by atoms with E-state index in [2.05, 4.69) is 13.8 Å². The highest BCUT2D eigenvalue weighted by atomic mass is 19.2. The molecule has 1 aliphatic carbocycles. The second-order valence-electron chi connectivity index (χ2n) is 5.77. The lowest BCUT2D eigenvalue weighted by molar-refractivity contribution is 0.368. The van der Waals surface area contributed by atoms with Gasteiger partial charge in [0.1, 0.15) is 11.7 Å². The van der Waals surface area contributed by atoms with Crippen LogP contribution < -0.4 is 0 Å². The summed E-state index contributed by atoms with van der Waals surface area (Å²) >= 11 is 0. The van der Waals surface area contributed by atoms with Crippen LogP contribution in [0.2, 0.25) is 0 Å². The van der Waals surface area contributed by atoms with E-state index < -0.39 is 11.7 Å². The molecule has 0 unspecified atom stereocenters. The minimum atomic E-state index is -0.458. The highest BCUT2D eigenvalue weighted by molar-refractivity contribution is 5.18. The van der Waals surface area contributed by atoms with Gasteiger partial charge in [-0.15, -0.1) is 0 Å². The fourth-order valence-electron chi connectivity index (χ4n) is 2.55. The third kappa shape index (κ3) is 4.70. The van der Waals surface area contributed by atoms with E-state index in [9.17, 15) is 8.78 Å². The lowest BCUT2D eigenvalue weighted by Crippen LogP contribution is -2.03. The van der Waals surface area contributed by atoms with Crippen LogP contribution in [0.1, 0.15) is 84.5 Å². The molecule has 0 amide bonds. The zero-order chi connectivity index (χ0) is 13.4. The van der Waals surface area contributed by atoms with Crippen LogP contribution in [-0.4, -0.2) is 0 Å². The molecule has 1 saturated carbocycles. The maximum atomic E-state index is 14.1. The maximum Gasteiger partial charge on any atom is 0.137 e. The second kappa shape index (κ2) is 7.91. The Hall–Kier alpha value is -0.400. The molecule has 0 radical (unpaired) electrons. The zero-order valence-electron chi connectivity index (χ0n) is 12.0. The molecule has 0 bridgehead atoms. The first-order chi connectivity index (χ1) is 8.66. The van der Waals surface area contributed by atoms with Crippen LogP contribution in [0.15, 0.2) is 11.7 Å². The zero-order valence-corrected chi connectivity index (χ0v) is 12.0. The first kappa shape index (κ1) is 15.7. The predicted octanol–water partition coefficient (Wildman–Crippen LogP) is 6.47. The summed E-state index contributed by atoms with van der Waals surface area (Å²) in [5.41, 5.74) is -0.385. The number of hydrogen-bond donors (Lipinski definition) is 0. The van der Waals surface area contributed by atoms with Crippen LogP contribution in [0.5, 0.6) is 0 Å². The van der Waals surface area contributed by atoms with E-state index in [1.165, 1.54) is 0 Å². The van der Waals surface area contributed by atoms with Crippen molar-refractivity contribution in [1.82, 2.24) is 0 Å². The van der Waals surface area contributed by atoms with Gasteiger partial charge in [-0.3, -0.25) is 0 Å². The molecule has 0 aromatic carbocycles. The fourth-order valence-corrected chi connectivity index (χ4v) is 2.55. The van der Waals surface area contributed by atoms with E-state index in [4.69, 9.17) is 0 Å². The second-order valence-corrected chi connectivity index (χ2v) is 5.77. The standard InChI is InChI=1S/C16H28F2/c1-3-5-7-8-10-14(17)15(18)16(12-13-16)11-9-6-4-2/h3-13H2,1-2H3/b15-14-. The summed E-state index contributed by atoms with van der Waals surface area (Å²) < 4.78 is 27.9. The Balaban J connectivity index is 2.37. The molecule has 0 heterocycles. The molecule has 0 N–H and O–H groups in total. The molecule has 18 heavy (non-hydrogen) atoms. The summed E-state index contributed by atoms with van der Waals surface area (Å²) in [6.45, 7) is 4.26. The number of hydrogen-bond acceptors (Lipinski definition) is 0. The van der Waals surface area contributed by atoms with E-state index >= 15 is 0 Å². The molecule has 0 nitrogen and oxygen atoms in total. The van der Waals surface area contributed by atoms with E-state index in [0.717, 1.165) is 64.2 Å². The van der Waals surface area contributed by atoms with Crippen molar-refractivity contribution in [2.24, 2.45) is 5.41 Å². The summed E-state index contributed by atoms with van der Waals surface area (Å²) in [6.07, 6.45) is 10.2. The van der Waals surface area contributed by atoms with Crippen LogP contribution in [0.3, 0.4) is 0 Å². The summed E-state index contributed by atoms with van der Waals surface area (Å²) in [6, 6.07) is 0.